The highest BCUT2D eigenvalue weighted by atomic mass is 15.1. The van der Waals surface area contributed by atoms with Gasteiger partial charge in [0.05, 0.1) is 6.07 Å². The van der Waals surface area contributed by atoms with Crippen LogP contribution in [0.15, 0.2) is 16.5 Å². The molecule has 1 N–H and O–H groups in total. The van der Waals surface area contributed by atoms with Crippen LogP contribution in [0.1, 0.15) is 20.8 Å². The van der Waals surface area contributed by atoms with Crippen molar-refractivity contribution in [2.75, 3.05) is 0 Å². The van der Waals surface area contributed by atoms with Crippen LogP contribution < -0.4 is 5.32 Å². The van der Waals surface area contributed by atoms with Gasteiger partial charge in [0.2, 0.25) is 6.71 Å². The van der Waals surface area contributed by atoms with Gasteiger partial charge in [-0.1, -0.05) is 6.82 Å². The van der Waals surface area contributed by atoms with Crippen LogP contribution in [0.3, 0.4) is 0 Å². The van der Waals surface area contributed by atoms with Crippen molar-refractivity contribution in [2.24, 2.45) is 4.99 Å². The molecule has 0 saturated heterocycles. The third-order valence-corrected chi connectivity index (χ3v) is 1.97. The second kappa shape index (κ2) is 3.90. The molecule has 2 nitrogen and oxygen atoms in total. The quantitative estimate of drug-likeness (QED) is 0.615. The lowest BCUT2D eigenvalue weighted by Gasteiger charge is -2.22. The van der Waals surface area contributed by atoms with E-state index in [4.69, 9.17) is 0 Å². The molecule has 0 fully saturated rings. The Bertz CT molecular complexity index is 209. The van der Waals surface area contributed by atoms with Gasteiger partial charge in [0, 0.05) is 12.3 Å². The zero-order valence-electron chi connectivity index (χ0n) is 8.33. The van der Waals surface area contributed by atoms with E-state index in [1.807, 2.05) is 6.21 Å². The fourth-order valence-corrected chi connectivity index (χ4v) is 1.42. The molecule has 0 radical (unpaired) electrons. The number of aliphatic imine (C=N–C) groups is 1. The summed E-state index contributed by atoms with van der Waals surface area (Å²) < 4.78 is 0. The van der Waals surface area contributed by atoms with E-state index in [0.717, 1.165) is 0 Å². The Morgan fingerprint density at radius 2 is 2.25 bits per heavy atom. The molecule has 0 aliphatic carbocycles. The van der Waals surface area contributed by atoms with Crippen LogP contribution >= 0.6 is 0 Å². The van der Waals surface area contributed by atoms with Crippen molar-refractivity contribution in [1.29, 1.82) is 0 Å². The van der Waals surface area contributed by atoms with E-state index in [1.165, 1.54) is 5.57 Å². The average molecular weight is 164 g/mol. The Morgan fingerprint density at radius 3 is 2.75 bits per heavy atom. The van der Waals surface area contributed by atoms with E-state index in [-0.39, 0.29) is 6.07 Å². The molecule has 0 aromatic heterocycles. The van der Waals surface area contributed by atoms with E-state index < -0.39 is 0 Å². The number of rotatable bonds is 2. The predicted molar refractivity (Wildman–Crippen MR) is 55.9 cm³/mol. The summed E-state index contributed by atoms with van der Waals surface area (Å²) in [5.41, 5.74) is 1.27. The van der Waals surface area contributed by atoms with Gasteiger partial charge in [-0.2, -0.15) is 0 Å². The van der Waals surface area contributed by atoms with E-state index in [9.17, 15) is 0 Å². The molecule has 0 amide bonds. The molecule has 3 heteroatoms. The lowest BCUT2D eigenvalue weighted by molar-refractivity contribution is 0.562. The third-order valence-electron chi connectivity index (χ3n) is 1.97. The summed E-state index contributed by atoms with van der Waals surface area (Å²) >= 11 is 0. The lowest BCUT2D eigenvalue weighted by Crippen LogP contribution is -2.44. The summed E-state index contributed by atoms with van der Waals surface area (Å²) in [5.74, 6) is 2.26. The molecule has 1 unspecified atom stereocenters. The number of hydrogen-bond donors (Lipinski definition) is 1. The van der Waals surface area contributed by atoms with Crippen LogP contribution in [-0.2, 0) is 0 Å². The highest BCUT2D eigenvalue weighted by molar-refractivity contribution is 6.65. The van der Waals surface area contributed by atoms with E-state index in [2.05, 4.69) is 43.9 Å². The molecule has 12 heavy (non-hydrogen) atoms. The number of hydrogen-bond acceptors (Lipinski definition) is 2. The number of nitrogens with zero attached hydrogens (tertiary/aromatic N) is 1. The summed E-state index contributed by atoms with van der Waals surface area (Å²) in [5, 5.41) is 3.41. The predicted octanol–water partition coefficient (Wildman–Crippen LogP) is 1.54. The largest absolute Gasteiger partial charge is 0.300 e. The summed E-state index contributed by atoms with van der Waals surface area (Å²) in [6.07, 6.45) is 1.94. The molecule has 0 aromatic carbocycles. The van der Waals surface area contributed by atoms with Crippen LogP contribution in [0.5, 0.6) is 0 Å². The molecule has 0 spiro atoms. The smallest absolute Gasteiger partial charge is 0.211 e. The Kier molecular flexibility index (Phi) is 3.09. The fourth-order valence-electron chi connectivity index (χ4n) is 1.42. The summed E-state index contributed by atoms with van der Waals surface area (Å²) in [7, 11) is 0. The van der Waals surface area contributed by atoms with Gasteiger partial charge < -0.3 is 0 Å². The molecule has 1 aliphatic heterocycles. The standard InChI is InChI=1S/C9H17BN2/c1-7(2)12-9-10(4)5-8(3)6-11-9/h5-7,9,12H,1-4H3. The maximum atomic E-state index is 4.43. The van der Waals surface area contributed by atoms with Crippen molar-refractivity contribution < 1.29 is 0 Å². The first-order valence-corrected chi connectivity index (χ1v) is 4.57. The maximum Gasteiger partial charge on any atom is 0.211 e. The maximum absolute atomic E-state index is 4.43. The minimum atomic E-state index is 0.272. The summed E-state index contributed by atoms with van der Waals surface area (Å²) in [6.45, 7) is 9.09. The van der Waals surface area contributed by atoms with Crippen LogP contribution in [0.2, 0.25) is 6.82 Å². The van der Waals surface area contributed by atoms with Crippen LogP contribution in [0.4, 0.5) is 0 Å². The van der Waals surface area contributed by atoms with E-state index in [0.29, 0.717) is 12.8 Å². The molecule has 1 aliphatic rings. The van der Waals surface area contributed by atoms with Crippen LogP contribution in [0, 0.1) is 0 Å². The van der Waals surface area contributed by atoms with Crippen molar-refractivity contribution in [1.82, 2.24) is 5.32 Å². The molecule has 1 heterocycles. The Morgan fingerprint density at radius 1 is 1.58 bits per heavy atom. The summed E-state index contributed by atoms with van der Waals surface area (Å²) in [4.78, 5) is 4.43. The van der Waals surface area contributed by atoms with Crippen molar-refractivity contribution in [2.45, 2.75) is 39.7 Å². The zero-order chi connectivity index (χ0) is 9.14. The minimum absolute atomic E-state index is 0.272. The molecule has 0 bridgehead atoms. The molecule has 0 saturated carbocycles. The van der Waals surface area contributed by atoms with Crippen molar-refractivity contribution in [3.63, 3.8) is 0 Å². The van der Waals surface area contributed by atoms with Crippen LogP contribution in [-0.4, -0.2) is 25.0 Å². The van der Waals surface area contributed by atoms with Crippen molar-refractivity contribution in [3.05, 3.63) is 11.5 Å². The normalized spacial score (nSPS) is 23.2. The number of allylic oxidation sites excluding steroid dienone is 1. The Balaban J connectivity index is 2.54. The first kappa shape index (κ1) is 9.52. The van der Waals surface area contributed by atoms with Gasteiger partial charge in [0.15, 0.2) is 0 Å². The minimum Gasteiger partial charge on any atom is -0.300 e. The van der Waals surface area contributed by atoms with E-state index >= 15 is 0 Å². The van der Waals surface area contributed by atoms with Gasteiger partial charge in [-0.15, -0.1) is 5.98 Å². The lowest BCUT2D eigenvalue weighted by atomic mass is 9.47. The van der Waals surface area contributed by atoms with Gasteiger partial charge >= 0.3 is 0 Å². The zero-order valence-corrected chi connectivity index (χ0v) is 8.33. The molecule has 66 valence electrons. The fraction of sp³-hybridized carbons (Fsp3) is 0.667. The van der Waals surface area contributed by atoms with E-state index in [1.54, 1.807) is 0 Å². The van der Waals surface area contributed by atoms with Gasteiger partial charge in [-0.25, -0.2) is 0 Å². The topological polar surface area (TPSA) is 24.4 Å². The average Bonchev–Trinajstić information content (AvgIpc) is 1.94. The molecule has 0 aromatic rings. The van der Waals surface area contributed by atoms with Gasteiger partial charge in [-0.3, -0.25) is 10.3 Å². The SMILES string of the molecule is CB1C=C(C)C=NC1NC(C)C. The van der Waals surface area contributed by atoms with Crippen LogP contribution in [0.25, 0.3) is 0 Å². The Hall–Kier alpha value is -0.565. The van der Waals surface area contributed by atoms with Gasteiger partial charge in [-0.05, 0) is 26.3 Å². The van der Waals surface area contributed by atoms with Crippen molar-refractivity contribution in [3.8, 4) is 0 Å². The molecular weight excluding hydrogens is 147 g/mol. The van der Waals surface area contributed by atoms with Crippen molar-refractivity contribution >= 4 is 12.9 Å². The monoisotopic (exact) mass is 164 g/mol. The molecule has 1 rings (SSSR count). The first-order chi connectivity index (χ1) is 5.59. The van der Waals surface area contributed by atoms with Gasteiger partial charge in [0.25, 0.3) is 0 Å². The first-order valence-electron chi connectivity index (χ1n) is 4.57. The highest BCUT2D eigenvalue weighted by Gasteiger charge is 2.20. The number of nitrogens with one attached hydrogen (secondary N) is 1. The summed E-state index contributed by atoms with van der Waals surface area (Å²) in [6, 6.07) is 0.773. The Labute approximate surface area is 75.2 Å². The molecular formula is C9H17BN2. The third kappa shape index (κ3) is 2.49. The highest BCUT2D eigenvalue weighted by Crippen LogP contribution is 2.06. The second-order valence-electron chi connectivity index (χ2n) is 3.81. The van der Waals surface area contributed by atoms with Gasteiger partial charge in [0.1, 0.15) is 0 Å². The second-order valence-corrected chi connectivity index (χ2v) is 3.81. The molecule has 1 atom stereocenters.